The van der Waals surface area contributed by atoms with E-state index in [1.54, 1.807) is 6.92 Å². The van der Waals surface area contributed by atoms with Crippen molar-refractivity contribution in [1.29, 1.82) is 0 Å². The summed E-state index contributed by atoms with van der Waals surface area (Å²) < 4.78 is 5.00. The summed E-state index contributed by atoms with van der Waals surface area (Å²) in [4.78, 5) is 25.0. The maximum absolute atomic E-state index is 11.8. The van der Waals surface area contributed by atoms with Gasteiger partial charge in [0, 0.05) is 26.2 Å². The van der Waals surface area contributed by atoms with Crippen molar-refractivity contribution in [2.75, 3.05) is 25.1 Å². The number of para-hydroxylation sites is 1. The molecule has 1 atom stereocenters. The van der Waals surface area contributed by atoms with Crippen LogP contribution in [0.4, 0.5) is 5.69 Å². The van der Waals surface area contributed by atoms with Crippen LogP contribution in [0, 0.1) is 0 Å². The normalized spacial score (nSPS) is 11.7. The largest absolute Gasteiger partial charge is 0.465 e. The van der Waals surface area contributed by atoms with E-state index in [-0.39, 0.29) is 11.1 Å². The summed E-state index contributed by atoms with van der Waals surface area (Å²) in [6, 6.07) is 9.72. The quantitative estimate of drug-likeness (QED) is 0.749. The van der Waals surface area contributed by atoms with Crippen molar-refractivity contribution in [3.8, 4) is 0 Å². The van der Waals surface area contributed by atoms with E-state index in [0.717, 1.165) is 17.4 Å². The summed E-state index contributed by atoms with van der Waals surface area (Å²) in [6.45, 7) is 3.98. The van der Waals surface area contributed by atoms with Crippen LogP contribution in [-0.4, -0.2) is 36.5 Å². The molecule has 0 saturated heterocycles. The second-order valence-electron chi connectivity index (χ2n) is 4.07. The number of thioether (sulfide) groups is 1. The topological polar surface area (TPSA) is 46.6 Å². The van der Waals surface area contributed by atoms with Crippen LogP contribution >= 0.6 is 11.8 Å². The van der Waals surface area contributed by atoms with E-state index in [4.69, 9.17) is 4.74 Å². The SMILES string of the molecule is CCOC(=O)C(CN(C)c1ccccc1)SC(C)=O. The first-order valence-electron chi connectivity index (χ1n) is 6.14. The molecule has 0 radical (unpaired) electrons. The molecule has 19 heavy (non-hydrogen) atoms. The van der Waals surface area contributed by atoms with E-state index in [9.17, 15) is 9.59 Å². The predicted molar refractivity (Wildman–Crippen MR) is 78.4 cm³/mol. The minimum Gasteiger partial charge on any atom is -0.465 e. The number of rotatable bonds is 6. The van der Waals surface area contributed by atoms with Crippen LogP contribution in [0.1, 0.15) is 13.8 Å². The highest BCUT2D eigenvalue weighted by Crippen LogP contribution is 2.18. The number of anilines is 1. The summed E-state index contributed by atoms with van der Waals surface area (Å²) in [5.41, 5.74) is 1.00. The molecule has 5 heteroatoms. The Bertz CT molecular complexity index is 422. The maximum atomic E-state index is 11.8. The molecular formula is C14H19NO3S. The van der Waals surface area contributed by atoms with Gasteiger partial charge in [-0.15, -0.1) is 0 Å². The van der Waals surface area contributed by atoms with Crippen molar-refractivity contribution >= 4 is 28.5 Å². The van der Waals surface area contributed by atoms with Gasteiger partial charge in [0.05, 0.1) is 6.61 Å². The molecule has 0 bridgehead atoms. The minimum absolute atomic E-state index is 0.0838. The molecule has 1 aromatic carbocycles. The Labute approximate surface area is 118 Å². The second-order valence-corrected chi connectivity index (χ2v) is 5.45. The third-order valence-electron chi connectivity index (χ3n) is 2.49. The fraction of sp³-hybridized carbons (Fsp3) is 0.429. The number of carbonyl (C=O) groups is 2. The van der Waals surface area contributed by atoms with Crippen molar-refractivity contribution in [2.24, 2.45) is 0 Å². The van der Waals surface area contributed by atoms with Gasteiger partial charge in [0.2, 0.25) is 0 Å². The number of carbonyl (C=O) groups excluding carboxylic acids is 2. The van der Waals surface area contributed by atoms with E-state index >= 15 is 0 Å². The van der Waals surface area contributed by atoms with Crippen molar-refractivity contribution < 1.29 is 14.3 Å². The zero-order chi connectivity index (χ0) is 14.3. The molecule has 0 heterocycles. The lowest BCUT2D eigenvalue weighted by Crippen LogP contribution is -2.34. The fourth-order valence-electron chi connectivity index (χ4n) is 1.63. The van der Waals surface area contributed by atoms with Gasteiger partial charge < -0.3 is 9.64 Å². The van der Waals surface area contributed by atoms with Gasteiger partial charge >= 0.3 is 5.97 Å². The first-order valence-corrected chi connectivity index (χ1v) is 7.02. The molecule has 1 unspecified atom stereocenters. The van der Waals surface area contributed by atoms with Gasteiger partial charge in [-0.3, -0.25) is 9.59 Å². The van der Waals surface area contributed by atoms with Crippen LogP contribution in [-0.2, 0) is 14.3 Å². The van der Waals surface area contributed by atoms with E-state index < -0.39 is 5.25 Å². The molecule has 0 spiro atoms. The molecule has 0 saturated carbocycles. The highest BCUT2D eigenvalue weighted by molar-refractivity contribution is 8.14. The van der Waals surface area contributed by atoms with Gasteiger partial charge in [-0.25, -0.2) is 0 Å². The van der Waals surface area contributed by atoms with E-state index in [0.29, 0.717) is 13.2 Å². The van der Waals surface area contributed by atoms with Crippen LogP contribution in [0.15, 0.2) is 30.3 Å². The van der Waals surface area contributed by atoms with Crippen LogP contribution < -0.4 is 4.90 Å². The minimum atomic E-state index is -0.498. The molecular weight excluding hydrogens is 262 g/mol. The molecule has 0 amide bonds. The van der Waals surface area contributed by atoms with Crippen molar-refractivity contribution in [3.63, 3.8) is 0 Å². The maximum Gasteiger partial charge on any atom is 0.321 e. The lowest BCUT2D eigenvalue weighted by Gasteiger charge is -2.23. The van der Waals surface area contributed by atoms with Crippen molar-refractivity contribution in [1.82, 2.24) is 0 Å². The summed E-state index contributed by atoms with van der Waals surface area (Å²) in [6.07, 6.45) is 0. The summed E-state index contributed by atoms with van der Waals surface area (Å²) >= 11 is 1.02. The monoisotopic (exact) mass is 281 g/mol. The van der Waals surface area contributed by atoms with Crippen LogP contribution in [0.25, 0.3) is 0 Å². The highest BCUT2D eigenvalue weighted by Gasteiger charge is 2.24. The molecule has 0 aromatic heterocycles. The first kappa shape index (κ1) is 15.6. The lowest BCUT2D eigenvalue weighted by molar-refractivity contribution is -0.142. The Balaban J connectivity index is 2.71. The second kappa shape index (κ2) is 7.84. The molecule has 1 aromatic rings. The average Bonchev–Trinajstić information content (AvgIpc) is 2.38. The summed E-state index contributed by atoms with van der Waals surface area (Å²) in [7, 11) is 1.89. The number of ether oxygens (including phenoxy) is 1. The average molecular weight is 281 g/mol. The number of esters is 1. The summed E-state index contributed by atoms with van der Waals surface area (Å²) in [5, 5.41) is -0.581. The number of benzene rings is 1. The predicted octanol–water partition coefficient (Wildman–Crippen LogP) is 2.33. The third-order valence-corrected chi connectivity index (χ3v) is 3.45. The lowest BCUT2D eigenvalue weighted by atomic mass is 10.3. The zero-order valence-electron chi connectivity index (χ0n) is 11.5. The number of hydrogen-bond donors (Lipinski definition) is 0. The molecule has 0 N–H and O–H groups in total. The van der Waals surface area contributed by atoms with Crippen LogP contribution in [0.3, 0.4) is 0 Å². The Morgan fingerprint density at radius 1 is 1.32 bits per heavy atom. The molecule has 104 valence electrons. The van der Waals surface area contributed by atoms with Crippen molar-refractivity contribution in [2.45, 2.75) is 19.1 Å². The molecule has 4 nitrogen and oxygen atoms in total. The third kappa shape index (κ3) is 5.34. The molecule has 0 fully saturated rings. The molecule has 0 aliphatic carbocycles. The zero-order valence-corrected chi connectivity index (χ0v) is 12.3. The molecule has 0 aliphatic rings. The van der Waals surface area contributed by atoms with E-state index in [2.05, 4.69) is 0 Å². The Morgan fingerprint density at radius 3 is 2.47 bits per heavy atom. The van der Waals surface area contributed by atoms with Gasteiger partial charge in [-0.2, -0.15) is 0 Å². The van der Waals surface area contributed by atoms with Crippen LogP contribution in [0.5, 0.6) is 0 Å². The first-order chi connectivity index (χ1) is 9.04. The Morgan fingerprint density at radius 2 is 1.95 bits per heavy atom. The van der Waals surface area contributed by atoms with Gasteiger partial charge in [0.1, 0.15) is 5.25 Å². The number of hydrogen-bond acceptors (Lipinski definition) is 5. The van der Waals surface area contributed by atoms with Crippen molar-refractivity contribution in [3.05, 3.63) is 30.3 Å². The van der Waals surface area contributed by atoms with E-state index in [1.807, 2.05) is 42.3 Å². The molecule has 0 aliphatic heterocycles. The van der Waals surface area contributed by atoms with Gasteiger partial charge in [0.15, 0.2) is 5.12 Å². The Kier molecular flexibility index (Phi) is 6.42. The standard InChI is InChI=1S/C14H19NO3S/c1-4-18-14(17)13(19-11(2)16)10-15(3)12-8-6-5-7-9-12/h5-9,13H,4,10H2,1-3H3. The van der Waals surface area contributed by atoms with Gasteiger partial charge in [-0.05, 0) is 19.1 Å². The van der Waals surface area contributed by atoms with Crippen LogP contribution in [0.2, 0.25) is 0 Å². The van der Waals surface area contributed by atoms with Gasteiger partial charge in [0.25, 0.3) is 0 Å². The van der Waals surface area contributed by atoms with E-state index in [1.165, 1.54) is 6.92 Å². The fourth-order valence-corrected chi connectivity index (χ4v) is 2.50. The van der Waals surface area contributed by atoms with Gasteiger partial charge in [-0.1, -0.05) is 30.0 Å². The molecule has 1 rings (SSSR count). The smallest absolute Gasteiger partial charge is 0.321 e. The number of nitrogens with zero attached hydrogens (tertiary/aromatic N) is 1. The summed E-state index contributed by atoms with van der Waals surface area (Å²) in [5.74, 6) is -0.342. The Hall–Kier alpha value is -1.49. The highest BCUT2D eigenvalue weighted by atomic mass is 32.2.